The number of carbonyl (C=O) groups is 2. The number of anilines is 1. The summed E-state index contributed by atoms with van der Waals surface area (Å²) < 4.78 is 13.7. The maximum Gasteiger partial charge on any atom is 0.335 e. The van der Waals surface area contributed by atoms with E-state index in [2.05, 4.69) is 15.3 Å². The zero-order chi connectivity index (χ0) is 15.7. The minimum Gasteiger partial charge on any atom is -0.478 e. The van der Waals surface area contributed by atoms with Crippen LogP contribution in [0.25, 0.3) is 10.2 Å². The summed E-state index contributed by atoms with van der Waals surface area (Å²) in [6.07, 6.45) is 2.25. The highest BCUT2D eigenvalue weighted by molar-refractivity contribution is 7.22. The molecule has 0 radical (unpaired) electrons. The molecule has 1 aromatic carbocycles. The van der Waals surface area contributed by atoms with Gasteiger partial charge < -0.3 is 5.11 Å². The average molecular weight is 317 g/mol. The Labute approximate surface area is 127 Å². The highest BCUT2D eigenvalue weighted by Crippen LogP contribution is 2.27. The molecule has 0 atom stereocenters. The summed E-state index contributed by atoms with van der Waals surface area (Å²) in [6.45, 7) is 0. The summed E-state index contributed by atoms with van der Waals surface area (Å²) in [5.41, 5.74) is 0.788. The Morgan fingerprint density at radius 2 is 2.00 bits per heavy atom. The van der Waals surface area contributed by atoms with E-state index < -0.39 is 17.7 Å². The second kappa shape index (κ2) is 5.49. The second-order valence-corrected chi connectivity index (χ2v) is 5.38. The van der Waals surface area contributed by atoms with Gasteiger partial charge in [0, 0.05) is 6.20 Å². The van der Waals surface area contributed by atoms with E-state index in [0.717, 1.165) is 23.6 Å². The van der Waals surface area contributed by atoms with Crippen LogP contribution < -0.4 is 5.32 Å². The summed E-state index contributed by atoms with van der Waals surface area (Å²) in [4.78, 5) is 30.7. The minimum absolute atomic E-state index is 0.0745. The van der Waals surface area contributed by atoms with E-state index in [1.54, 1.807) is 6.07 Å². The number of hydrogen-bond acceptors (Lipinski definition) is 5. The predicted octanol–water partition coefficient (Wildman–Crippen LogP) is 2.78. The van der Waals surface area contributed by atoms with Crippen molar-refractivity contribution in [3.63, 3.8) is 0 Å². The molecule has 0 fully saturated rings. The third-order valence-electron chi connectivity index (χ3n) is 2.82. The van der Waals surface area contributed by atoms with Gasteiger partial charge in [0.1, 0.15) is 5.82 Å². The Morgan fingerprint density at radius 1 is 1.18 bits per heavy atom. The lowest BCUT2D eigenvalue weighted by Gasteiger charge is -2.00. The Morgan fingerprint density at radius 3 is 2.73 bits per heavy atom. The van der Waals surface area contributed by atoms with Crippen LogP contribution in [0.4, 0.5) is 9.52 Å². The molecule has 2 aromatic heterocycles. The number of fused-ring (bicyclic) bond motifs is 1. The molecule has 0 saturated heterocycles. The summed E-state index contributed by atoms with van der Waals surface area (Å²) in [5.74, 6) is -2.18. The van der Waals surface area contributed by atoms with Gasteiger partial charge in [-0.2, -0.15) is 0 Å². The summed E-state index contributed by atoms with van der Waals surface area (Å²) in [5, 5.41) is 11.8. The summed E-state index contributed by atoms with van der Waals surface area (Å²) in [7, 11) is 0. The number of nitrogens with one attached hydrogen (secondary N) is 1. The molecule has 2 N–H and O–H groups in total. The summed E-state index contributed by atoms with van der Waals surface area (Å²) in [6, 6.07) is 5.55. The van der Waals surface area contributed by atoms with Crippen LogP contribution in [0.5, 0.6) is 0 Å². The van der Waals surface area contributed by atoms with Crippen LogP contribution in [0.15, 0.2) is 36.7 Å². The van der Waals surface area contributed by atoms with Gasteiger partial charge in [-0.25, -0.2) is 14.2 Å². The number of hydrogen-bond donors (Lipinski definition) is 2. The van der Waals surface area contributed by atoms with E-state index in [9.17, 15) is 14.0 Å². The lowest BCUT2D eigenvalue weighted by atomic mass is 10.2. The highest BCUT2D eigenvalue weighted by atomic mass is 32.1. The Bertz CT molecular complexity index is 894. The van der Waals surface area contributed by atoms with Gasteiger partial charge in [0.25, 0.3) is 5.91 Å². The molecule has 0 saturated carbocycles. The van der Waals surface area contributed by atoms with Crippen molar-refractivity contribution in [1.82, 2.24) is 9.97 Å². The smallest absolute Gasteiger partial charge is 0.335 e. The van der Waals surface area contributed by atoms with Crippen LogP contribution in [0, 0.1) is 5.82 Å². The van der Waals surface area contributed by atoms with E-state index in [0.29, 0.717) is 15.3 Å². The van der Waals surface area contributed by atoms with E-state index >= 15 is 0 Å². The fourth-order valence-electron chi connectivity index (χ4n) is 1.82. The zero-order valence-corrected chi connectivity index (χ0v) is 11.7. The first-order valence-electron chi connectivity index (χ1n) is 6.09. The third-order valence-corrected chi connectivity index (χ3v) is 3.76. The van der Waals surface area contributed by atoms with Gasteiger partial charge in [0.05, 0.1) is 27.5 Å². The topological polar surface area (TPSA) is 92.2 Å². The van der Waals surface area contributed by atoms with E-state index in [1.165, 1.54) is 18.3 Å². The van der Waals surface area contributed by atoms with Crippen molar-refractivity contribution >= 4 is 38.6 Å². The Hall–Kier alpha value is -2.87. The van der Waals surface area contributed by atoms with Gasteiger partial charge in [0.15, 0.2) is 5.13 Å². The largest absolute Gasteiger partial charge is 0.478 e. The van der Waals surface area contributed by atoms with Crippen LogP contribution in [0.1, 0.15) is 20.7 Å². The van der Waals surface area contributed by atoms with E-state index in [4.69, 9.17) is 5.11 Å². The van der Waals surface area contributed by atoms with Crippen molar-refractivity contribution in [2.24, 2.45) is 0 Å². The molecule has 8 heteroatoms. The number of aromatic carboxylic acids is 1. The lowest BCUT2D eigenvalue weighted by molar-refractivity contribution is 0.0697. The van der Waals surface area contributed by atoms with Gasteiger partial charge >= 0.3 is 5.97 Å². The number of carboxylic acids is 1. The zero-order valence-electron chi connectivity index (χ0n) is 10.9. The van der Waals surface area contributed by atoms with Gasteiger partial charge in [0.2, 0.25) is 0 Å². The van der Waals surface area contributed by atoms with Crippen molar-refractivity contribution in [2.75, 3.05) is 5.32 Å². The molecule has 0 aliphatic heterocycles. The number of halogens is 1. The molecule has 22 heavy (non-hydrogen) atoms. The molecule has 0 aliphatic rings. The van der Waals surface area contributed by atoms with Crippen LogP contribution in [0.2, 0.25) is 0 Å². The molecular formula is C14H8FN3O3S. The number of amides is 1. The standard InChI is InChI=1S/C14H8FN3O3S/c15-9-3-8(5-16-6-9)12(19)18-14-17-10-2-1-7(13(20)21)4-11(10)22-14/h1-6H,(H,20,21)(H,17,18,19). The van der Waals surface area contributed by atoms with E-state index in [1.807, 2.05) is 0 Å². The number of aromatic nitrogens is 2. The number of pyridine rings is 1. The normalized spacial score (nSPS) is 10.6. The maximum atomic E-state index is 13.0. The Balaban J connectivity index is 1.87. The van der Waals surface area contributed by atoms with Gasteiger partial charge in [-0.3, -0.25) is 15.1 Å². The van der Waals surface area contributed by atoms with Crippen LogP contribution in [-0.4, -0.2) is 27.0 Å². The average Bonchev–Trinajstić information content (AvgIpc) is 2.88. The molecular weight excluding hydrogens is 309 g/mol. The van der Waals surface area contributed by atoms with Gasteiger partial charge in [-0.05, 0) is 24.3 Å². The number of rotatable bonds is 3. The van der Waals surface area contributed by atoms with E-state index in [-0.39, 0.29) is 11.1 Å². The lowest BCUT2D eigenvalue weighted by Crippen LogP contribution is -2.12. The number of thiazole rings is 1. The van der Waals surface area contributed by atoms with Crippen LogP contribution in [0.3, 0.4) is 0 Å². The van der Waals surface area contributed by atoms with Crippen molar-refractivity contribution in [3.8, 4) is 0 Å². The number of nitrogens with zero attached hydrogens (tertiary/aromatic N) is 2. The first-order valence-corrected chi connectivity index (χ1v) is 6.90. The van der Waals surface area contributed by atoms with Crippen molar-refractivity contribution in [3.05, 3.63) is 53.6 Å². The molecule has 0 aliphatic carbocycles. The third kappa shape index (κ3) is 2.77. The predicted molar refractivity (Wildman–Crippen MR) is 78.7 cm³/mol. The second-order valence-electron chi connectivity index (χ2n) is 4.35. The number of benzene rings is 1. The molecule has 0 bridgehead atoms. The fraction of sp³-hybridized carbons (Fsp3) is 0. The monoisotopic (exact) mass is 317 g/mol. The molecule has 1 amide bonds. The molecule has 3 aromatic rings. The molecule has 2 heterocycles. The maximum absolute atomic E-state index is 13.0. The first-order chi connectivity index (χ1) is 10.5. The first kappa shape index (κ1) is 14.1. The highest BCUT2D eigenvalue weighted by Gasteiger charge is 2.12. The SMILES string of the molecule is O=C(O)c1ccc2nc(NC(=O)c3cncc(F)c3)sc2c1. The van der Waals surface area contributed by atoms with Crippen molar-refractivity contribution in [2.45, 2.75) is 0 Å². The van der Waals surface area contributed by atoms with Crippen LogP contribution in [-0.2, 0) is 0 Å². The van der Waals surface area contributed by atoms with Crippen LogP contribution >= 0.6 is 11.3 Å². The summed E-state index contributed by atoms with van der Waals surface area (Å²) >= 11 is 1.14. The van der Waals surface area contributed by atoms with Crippen molar-refractivity contribution < 1.29 is 19.1 Å². The molecule has 0 spiro atoms. The fourth-order valence-corrected chi connectivity index (χ4v) is 2.72. The number of carboxylic acid groups (broad SMARTS) is 1. The van der Waals surface area contributed by atoms with Gasteiger partial charge in [-0.1, -0.05) is 11.3 Å². The van der Waals surface area contributed by atoms with Gasteiger partial charge in [-0.15, -0.1) is 0 Å². The molecule has 0 unspecified atom stereocenters. The molecule has 110 valence electrons. The quantitative estimate of drug-likeness (QED) is 0.775. The number of carbonyl (C=O) groups excluding carboxylic acids is 1. The van der Waals surface area contributed by atoms with Crippen molar-refractivity contribution in [1.29, 1.82) is 0 Å². The minimum atomic E-state index is -1.04. The molecule has 6 nitrogen and oxygen atoms in total. The Kier molecular flexibility index (Phi) is 3.51. The molecule has 3 rings (SSSR count).